The average Bonchev–Trinajstić information content (AvgIpc) is 2.60. The summed E-state index contributed by atoms with van der Waals surface area (Å²) in [4.78, 5) is 25.7. The second kappa shape index (κ2) is 6.20. The van der Waals surface area contributed by atoms with Crippen molar-refractivity contribution >= 4 is 32.8 Å². The van der Waals surface area contributed by atoms with Crippen LogP contribution in [-0.4, -0.2) is 37.4 Å². The maximum Gasteiger partial charge on any atom is 0.347 e. The van der Waals surface area contributed by atoms with Crippen LogP contribution in [0.4, 0.5) is 0 Å². The molecule has 4 rings (SSSR count). The molecule has 0 fully saturated rings. The second-order valence-corrected chi connectivity index (χ2v) is 7.87. The number of esters is 1. The van der Waals surface area contributed by atoms with E-state index in [1.165, 1.54) is 18.2 Å². The third-order valence-corrected chi connectivity index (χ3v) is 5.36. The minimum Gasteiger partial charge on any atom is -0.423 e. The smallest absolute Gasteiger partial charge is 0.347 e. The van der Waals surface area contributed by atoms with Gasteiger partial charge in [0, 0.05) is 30.3 Å². The molecule has 8 nitrogen and oxygen atoms in total. The van der Waals surface area contributed by atoms with Crippen molar-refractivity contribution in [1.82, 2.24) is 4.90 Å². The highest BCUT2D eigenvalue weighted by molar-refractivity contribution is 7.90. The standard InChI is InChI=1S/C18H14N2O6S/c1-11-9-16(21)26-15-10-12(4-5-13(11)15)25-18(22)14-3-2-6-20-7-8-27(23,24)19-17(14)20/h2-6,9-10H,7-8H2,1H3. The first-order chi connectivity index (χ1) is 12.8. The molecule has 0 atom stereocenters. The molecular weight excluding hydrogens is 372 g/mol. The molecule has 0 aliphatic carbocycles. The van der Waals surface area contributed by atoms with Crippen LogP contribution < -0.4 is 10.4 Å². The number of ether oxygens (including phenoxy) is 1. The van der Waals surface area contributed by atoms with Gasteiger partial charge in [0.05, 0.1) is 5.75 Å². The van der Waals surface area contributed by atoms with E-state index in [-0.39, 0.29) is 29.5 Å². The molecule has 0 N–H and O–H groups in total. The molecule has 0 unspecified atom stereocenters. The summed E-state index contributed by atoms with van der Waals surface area (Å²) >= 11 is 0. The van der Waals surface area contributed by atoms with E-state index in [1.54, 1.807) is 36.2 Å². The van der Waals surface area contributed by atoms with Gasteiger partial charge >= 0.3 is 11.6 Å². The van der Waals surface area contributed by atoms with Crippen LogP contribution in [0.15, 0.2) is 61.8 Å². The molecule has 0 saturated carbocycles. The van der Waals surface area contributed by atoms with E-state index in [9.17, 15) is 18.0 Å². The monoisotopic (exact) mass is 386 g/mol. The van der Waals surface area contributed by atoms with Crippen molar-refractivity contribution in [2.75, 3.05) is 12.3 Å². The molecule has 2 aromatic rings. The van der Waals surface area contributed by atoms with Gasteiger partial charge in [-0.05, 0) is 36.8 Å². The molecule has 1 aromatic carbocycles. The number of benzene rings is 1. The maximum atomic E-state index is 12.6. The zero-order valence-electron chi connectivity index (χ0n) is 14.2. The lowest BCUT2D eigenvalue weighted by molar-refractivity contribution is -0.129. The summed E-state index contributed by atoms with van der Waals surface area (Å²) in [5, 5.41) is 0.725. The predicted molar refractivity (Wildman–Crippen MR) is 98.0 cm³/mol. The fourth-order valence-corrected chi connectivity index (χ4v) is 3.89. The number of aryl methyl sites for hydroxylation is 1. The summed E-state index contributed by atoms with van der Waals surface area (Å²) in [7, 11) is -3.62. The van der Waals surface area contributed by atoms with Gasteiger partial charge in [-0.3, -0.25) is 0 Å². The first kappa shape index (κ1) is 17.2. The highest BCUT2D eigenvalue weighted by Gasteiger charge is 2.31. The molecule has 0 saturated heterocycles. The number of fused-ring (bicyclic) bond motifs is 2. The lowest BCUT2D eigenvalue weighted by Gasteiger charge is -2.28. The molecule has 2 aliphatic rings. The highest BCUT2D eigenvalue weighted by atomic mass is 32.2. The van der Waals surface area contributed by atoms with Crippen LogP contribution >= 0.6 is 0 Å². The lowest BCUT2D eigenvalue weighted by Crippen LogP contribution is -2.40. The number of amidine groups is 1. The Balaban J connectivity index is 1.67. The molecular formula is C18H14N2O6S. The predicted octanol–water partition coefficient (Wildman–Crippen LogP) is 1.50. The molecule has 9 heteroatoms. The molecule has 0 spiro atoms. The number of hydrogen-bond acceptors (Lipinski definition) is 7. The lowest BCUT2D eigenvalue weighted by atomic mass is 10.1. The normalized spacial score (nSPS) is 17.9. The van der Waals surface area contributed by atoms with Gasteiger partial charge in [-0.1, -0.05) is 0 Å². The number of rotatable bonds is 2. The van der Waals surface area contributed by atoms with E-state index in [0.717, 1.165) is 10.9 Å². The van der Waals surface area contributed by atoms with Crippen LogP contribution in [0.2, 0.25) is 0 Å². The van der Waals surface area contributed by atoms with Crippen LogP contribution in [0.3, 0.4) is 0 Å². The Morgan fingerprint density at radius 2 is 2.11 bits per heavy atom. The molecule has 0 radical (unpaired) electrons. The molecule has 0 bridgehead atoms. The van der Waals surface area contributed by atoms with Crippen molar-refractivity contribution < 1.29 is 22.4 Å². The minimum atomic E-state index is -3.62. The second-order valence-electron chi connectivity index (χ2n) is 6.11. The first-order valence-electron chi connectivity index (χ1n) is 8.07. The summed E-state index contributed by atoms with van der Waals surface area (Å²) in [5.74, 6) is -0.666. The SMILES string of the molecule is Cc1cc(=O)oc2cc(OC(=O)C3=CC=CN4CCS(=O)(=O)N=C34)ccc12. The van der Waals surface area contributed by atoms with Gasteiger partial charge in [-0.15, -0.1) is 4.40 Å². The van der Waals surface area contributed by atoms with Gasteiger partial charge in [0.25, 0.3) is 10.0 Å². The zero-order valence-corrected chi connectivity index (χ0v) is 15.0. The molecule has 2 aliphatic heterocycles. The van der Waals surface area contributed by atoms with E-state index in [1.807, 2.05) is 0 Å². The van der Waals surface area contributed by atoms with Crippen LogP contribution in [0.25, 0.3) is 11.0 Å². The molecule has 138 valence electrons. The van der Waals surface area contributed by atoms with Crippen LogP contribution in [0.5, 0.6) is 5.75 Å². The van der Waals surface area contributed by atoms with Gasteiger partial charge in [0.2, 0.25) is 0 Å². The average molecular weight is 386 g/mol. The van der Waals surface area contributed by atoms with Crippen molar-refractivity contribution in [2.24, 2.45) is 4.40 Å². The Hall–Kier alpha value is -3.20. The number of hydrogen-bond donors (Lipinski definition) is 0. The third kappa shape index (κ3) is 3.28. The Labute approximate surface area is 154 Å². The minimum absolute atomic E-state index is 0.0339. The maximum absolute atomic E-state index is 12.6. The fraction of sp³-hybridized carbons (Fsp3) is 0.167. The zero-order chi connectivity index (χ0) is 19.2. The van der Waals surface area contributed by atoms with E-state index < -0.39 is 21.6 Å². The molecule has 27 heavy (non-hydrogen) atoms. The van der Waals surface area contributed by atoms with Crippen LogP contribution in [-0.2, 0) is 14.8 Å². The number of allylic oxidation sites excluding steroid dienone is 2. The molecule has 3 heterocycles. The summed E-state index contributed by atoms with van der Waals surface area (Å²) < 4.78 is 37.7. The first-order valence-corrected chi connectivity index (χ1v) is 9.68. The molecule has 0 amide bonds. The van der Waals surface area contributed by atoms with Crippen molar-refractivity contribution in [1.29, 1.82) is 0 Å². The highest BCUT2D eigenvalue weighted by Crippen LogP contribution is 2.24. The Morgan fingerprint density at radius 3 is 2.93 bits per heavy atom. The number of carbonyl (C=O) groups excluding carboxylic acids is 1. The third-order valence-electron chi connectivity index (χ3n) is 4.21. The summed E-state index contributed by atoms with van der Waals surface area (Å²) in [6, 6.07) is 6.07. The van der Waals surface area contributed by atoms with E-state index >= 15 is 0 Å². The van der Waals surface area contributed by atoms with Crippen molar-refractivity contribution in [3.8, 4) is 5.75 Å². The Morgan fingerprint density at radius 1 is 1.30 bits per heavy atom. The van der Waals surface area contributed by atoms with Crippen molar-refractivity contribution in [3.05, 3.63) is 64.2 Å². The van der Waals surface area contributed by atoms with Crippen molar-refractivity contribution in [3.63, 3.8) is 0 Å². The Bertz CT molecular complexity index is 1220. The van der Waals surface area contributed by atoms with Gasteiger partial charge in [0.1, 0.15) is 16.9 Å². The fourth-order valence-electron chi connectivity index (χ4n) is 2.91. The van der Waals surface area contributed by atoms with Crippen molar-refractivity contribution in [2.45, 2.75) is 6.92 Å². The summed E-state index contributed by atoms with van der Waals surface area (Å²) in [6.45, 7) is 1.99. The van der Waals surface area contributed by atoms with Gasteiger partial charge in [-0.25, -0.2) is 18.0 Å². The summed E-state index contributed by atoms with van der Waals surface area (Å²) in [6.07, 6.45) is 4.72. The quantitative estimate of drug-likeness (QED) is 0.437. The van der Waals surface area contributed by atoms with E-state index in [2.05, 4.69) is 4.40 Å². The molecule has 1 aromatic heterocycles. The van der Waals surface area contributed by atoms with Gasteiger partial charge < -0.3 is 14.1 Å². The summed E-state index contributed by atoms with van der Waals surface area (Å²) in [5.41, 5.74) is 0.575. The van der Waals surface area contributed by atoms with E-state index in [0.29, 0.717) is 5.58 Å². The topological polar surface area (TPSA) is 106 Å². The van der Waals surface area contributed by atoms with Crippen LogP contribution in [0.1, 0.15) is 5.56 Å². The van der Waals surface area contributed by atoms with Crippen LogP contribution in [0, 0.1) is 6.92 Å². The van der Waals surface area contributed by atoms with Gasteiger partial charge in [-0.2, -0.15) is 0 Å². The number of carbonyl (C=O) groups is 1. The number of nitrogens with zero attached hydrogens (tertiary/aromatic N) is 2. The Kier molecular flexibility index (Phi) is 3.96. The number of sulfonamides is 1. The largest absolute Gasteiger partial charge is 0.423 e. The van der Waals surface area contributed by atoms with Gasteiger partial charge in [0.15, 0.2) is 5.84 Å². The van der Waals surface area contributed by atoms with E-state index in [4.69, 9.17) is 9.15 Å².